The van der Waals surface area contributed by atoms with Crippen molar-refractivity contribution in [3.63, 3.8) is 0 Å². The Bertz CT molecular complexity index is 764. The second-order valence-electron chi connectivity index (χ2n) is 4.13. The lowest BCUT2D eigenvalue weighted by Crippen LogP contribution is -2.14. The number of hydrogen-bond donors (Lipinski definition) is 1. The van der Waals surface area contributed by atoms with Crippen LogP contribution in [-0.2, 0) is 15.4 Å². The molecule has 0 heterocycles. The fraction of sp³-hybridized carbons (Fsp3) is 0.0769. The van der Waals surface area contributed by atoms with E-state index in [1.54, 1.807) is 12.1 Å². The highest BCUT2D eigenvalue weighted by Gasteiger charge is 2.17. The lowest BCUT2D eigenvalue weighted by Gasteiger charge is -2.10. The van der Waals surface area contributed by atoms with Gasteiger partial charge in [-0.25, -0.2) is 17.2 Å². The number of halogens is 4. The van der Waals surface area contributed by atoms with Gasteiger partial charge in [-0.2, -0.15) is 0 Å². The SMILES string of the molecule is O=S(=O)(Nc1cc(F)c(Br)cc1F)c1ccc(CBr)cc1. The van der Waals surface area contributed by atoms with Crippen molar-refractivity contribution in [2.75, 3.05) is 4.72 Å². The molecule has 112 valence electrons. The van der Waals surface area contributed by atoms with E-state index in [1.807, 2.05) is 4.72 Å². The predicted octanol–water partition coefficient (Wildman–Crippen LogP) is 4.42. The van der Waals surface area contributed by atoms with Crippen LogP contribution in [0.25, 0.3) is 0 Å². The van der Waals surface area contributed by atoms with Gasteiger partial charge in [-0.15, -0.1) is 0 Å². The van der Waals surface area contributed by atoms with E-state index in [-0.39, 0.29) is 9.37 Å². The summed E-state index contributed by atoms with van der Waals surface area (Å²) in [4.78, 5) is -0.0325. The van der Waals surface area contributed by atoms with Crippen molar-refractivity contribution < 1.29 is 17.2 Å². The summed E-state index contributed by atoms with van der Waals surface area (Å²) in [5.74, 6) is -1.63. The number of rotatable bonds is 4. The van der Waals surface area contributed by atoms with Gasteiger partial charge >= 0.3 is 0 Å². The Labute approximate surface area is 137 Å². The second kappa shape index (κ2) is 6.41. The van der Waals surface area contributed by atoms with E-state index in [2.05, 4.69) is 31.9 Å². The molecule has 2 aromatic rings. The van der Waals surface area contributed by atoms with E-state index in [1.165, 1.54) is 12.1 Å². The van der Waals surface area contributed by atoms with Crippen LogP contribution < -0.4 is 4.72 Å². The van der Waals surface area contributed by atoms with Gasteiger partial charge in [0.25, 0.3) is 10.0 Å². The molecule has 0 amide bonds. The van der Waals surface area contributed by atoms with Crippen molar-refractivity contribution in [3.05, 3.63) is 58.1 Å². The molecule has 0 fully saturated rings. The zero-order chi connectivity index (χ0) is 15.6. The van der Waals surface area contributed by atoms with Crippen LogP contribution in [0.2, 0.25) is 0 Å². The largest absolute Gasteiger partial charge is 0.277 e. The third kappa shape index (κ3) is 3.81. The summed E-state index contributed by atoms with van der Waals surface area (Å²) < 4.78 is 53.3. The van der Waals surface area contributed by atoms with E-state index >= 15 is 0 Å². The van der Waals surface area contributed by atoms with Gasteiger partial charge in [-0.3, -0.25) is 4.72 Å². The molecule has 0 aliphatic carbocycles. The molecule has 0 aliphatic rings. The van der Waals surface area contributed by atoms with Crippen LogP contribution in [0.1, 0.15) is 5.56 Å². The fourth-order valence-corrected chi connectivity index (χ4v) is 3.31. The number of anilines is 1. The van der Waals surface area contributed by atoms with E-state index < -0.39 is 27.3 Å². The Morgan fingerprint density at radius 1 is 1.05 bits per heavy atom. The normalized spacial score (nSPS) is 11.4. The smallest absolute Gasteiger partial charge is 0.261 e. The first-order chi connectivity index (χ1) is 9.83. The van der Waals surface area contributed by atoms with Gasteiger partial charge in [-0.05, 0) is 39.7 Å². The Kier molecular flexibility index (Phi) is 5.00. The molecule has 0 aliphatic heterocycles. The molecular weight excluding hydrogens is 432 g/mol. The summed E-state index contributed by atoms with van der Waals surface area (Å²) in [5, 5.41) is 0.591. The summed E-state index contributed by atoms with van der Waals surface area (Å²) >= 11 is 6.07. The molecule has 8 heteroatoms. The Hall–Kier alpha value is -0.990. The first kappa shape index (κ1) is 16.4. The van der Waals surface area contributed by atoms with Crippen LogP contribution >= 0.6 is 31.9 Å². The van der Waals surface area contributed by atoms with Gasteiger partial charge in [0.2, 0.25) is 0 Å². The number of benzene rings is 2. The molecule has 1 N–H and O–H groups in total. The molecule has 0 bridgehead atoms. The van der Waals surface area contributed by atoms with Crippen molar-refractivity contribution in [1.82, 2.24) is 0 Å². The molecule has 3 nitrogen and oxygen atoms in total. The number of nitrogens with one attached hydrogen (secondary N) is 1. The Balaban J connectivity index is 2.34. The molecule has 0 radical (unpaired) electrons. The molecule has 0 spiro atoms. The maximum atomic E-state index is 13.7. The van der Waals surface area contributed by atoms with E-state index in [0.29, 0.717) is 5.33 Å². The molecule has 0 saturated carbocycles. The average molecular weight is 441 g/mol. The van der Waals surface area contributed by atoms with E-state index in [0.717, 1.165) is 17.7 Å². The third-order valence-electron chi connectivity index (χ3n) is 2.64. The summed E-state index contributed by atoms with van der Waals surface area (Å²) in [5.41, 5.74) is 0.454. The van der Waals surface area contributed by atoms with Crippen LogP contribution in [0.3, 0.4) is 0 Å². The molecule has 0 aromatic heterocycles. The molecule has 2 aromatic carbocycles. The highest BCUT2D eigenvalue weighted by molar-refractivity contribution is 9.10. The van der Waals surface area contributed by atoms with E-state index in [4.69, 9.17) is 0 Å². The maximum Gasteiger partial charge on any atom is 0.261 e. The summed E-state index contributed by atoms with van der Waals surface area (Å²) in [6, 6.07) is 7.69. The topological polar surface area (TPSA) is 46.2 Å². The number of sulfonamides is 1. The van der Waals surface area contributed by atoms with Crippen molar-refractivity contribution in [2.45, 2.75) is 10.2 Å². The monoisotopic (exact) mass is 439 g/mol. The van der Waals surface area contributed by atoms with Crippen LogP contribution in [0, 0.1) is 11.6 Å². The molecule has 0 unspecified atom stereocenters. The van der Waals surface area contributed by atoms with Crippen LogP contribution in [-0.4, -0.2) is 8.42 Å². The Morgan fingerprint density at radius 3 is 2.24 bits per heavy atom. The van der Waals surface area contributed by atoms with Crippen LogP contribution in [0.4, 0.5) is 14.5 Å². The highest BCUT2D eigenvalue weighted by atomic mass is 79.9. The van der Waals surface area contributed by atoms with Gasteiger partial charge in [-0.1, -0.05) is 28.1 Å². The zero-order valence-corrected chi connectivity index (χ0v) is 14.4. The first-order valence-corrected chi connectivity index (χ1v) is 9.05. The van der Waals surface area contributed by atoms with Crippen LogP contribution in [0.5, 0.6) is 0 Å². The molecule has 2 rings (SSSR count). The predicted molar refractivity (Wildman–Crippen MR) is 83.9 cm³/mol. The lowest BCUT2D eigenvalue weighted by atomic mass is 10.2. The van der Waals surface area contributed by atoms with Gasteiger partial charge < -0.3 is 0 Å². The van der Waals surface area contributed by atoms with E-state index in [9.17, 15) is 17.2 Å². The number of alkyl halides is 1. The Morgan fingerprint density at radius 2 is 1.67 bits per heavy atom. The van der Waals surface area contributed by atoms with Gasteiger partial charge in [0.05, 0.1) is 15.1 Å². The summed E-state index contributed by atoms with van der Waals surface area (Å²) in [7, 11) is -3.98. The maximum absolute atomic E-state index is 13.7. The summed E-state index contributed by atoms with van der Waals surface area (Å²) in [6.07, 6.45) is 0. The fourth-order valence-electron chi connectivity index (χ4n) is 1.56. The zero-order valence-electron chi connectivity index (χ0n) is 10.4. The quantitative estimate of drug-likeness (QED) is 0.564. The van der Waals surface area contributed by atoms with Crippen molar-refractivity contribution >= 4 is 47.6 Å². The average Bonchev–Trinajstić information content (AvgIpc) is 2.44. The third-order valence-corrected chi connectivity index (χ3v) is 5.28. The summed E-state index contributed by atoms with van der Waals surface area (Å²) in [6.45, 7) is 0. The molecule has 0 saturated heterocycles. The van der Waals surface area contributed by atoms with Crippen LogP contribution in [0.15, 0.2) is 45.8 Å². The van der Waals surface area contributed by atoms with Crippen molar-refractivity contribution in [1.29, 1.82) is 0 Å². The van der Waals surface area contributed by atoms with Crippen molar-refractivity contribution in [2.24, 2.45) is 0 Å². The van der Waals surface area contributed by atoms with Crippen molar-refractivity contribution in [3.8, 4) is 0 Å². The standard InChI is InChI=1S/C13H9Br2F2NO2S/c14-7-8-1-3-9(4-2-8)21(19,20)18-13-6-11(16)10(15)5-12(13)17/h1-6,18H,7H2. The minimum atomic E-state index is -3.98. The van der Waals surface area contributed by atoms with Gasteiger partial charge in [0.1, 0.15) is 11.6 Å². The highest BCUT2D eigenvalue weighted by Crippen LogP contribution is 2.25. The lowest BCUT2D eigenvalue weighted by molar-refractivity contribution is 0.592. The number of hydrogen-bond acceptors (Lipinski definition) is 2. The minimum Gasteiger partial charge on any atom is -0.277 e. The molecular formula is C13H9Br2F2NO2S. The minimum absolute atomic E-state index is 0.0325. The molecule has 21 heavy (non-hydrogen) atoms. The second-order valence-corrected chi connectivity index (χ2v) is 7.23. The first-order valence-electron chi connectivity index (χ1n) is 5.66. The molecule has 0 atom stereocenters. The van der Waals surface area contributed by atoms with Gasteiger partial charge in [0, 0.05) is 11.4 Å². The van der Waals surface area contributed by atoms with Gasteiger partial charge in [0.15, 0.2) is 0 Å².